The zero-order valence-corrected chi connectivity index (χ0v) is 16.1. The lowest BCUT2D eigenvalue weighted by Crippen LogP contribution is -2.23. The minimum atomic E-state index is -3.87. The van der Waals surface area contributed by atoms with Crippen molar-refractivity contribution in [3.8, 4) is 0 Å². The third-order valence-electron chi connectivity index (χ3n) is 4.23. The number of hydrogen-bond acceptors (Lipinski definition) is 5. The zero-order valence-electron chi connectivity index (χ0n) is 15.3. The maximum atomic E-state index is 12.5. The van der Waals surface area contributed by atoms with Crippen molar-refractivity contribution < 1.29 is 22.8 Å². The number of carbonyl (C=O) groups excluding carboxylic acids is 3. The molecule has 1 heterocycles. The SMILES string of the molecule is CC(C)C(=O)Nc1ccc(CNS(=O)(=O)c2ccc3c(c2)C(=O)NC3=O)cc1. The molecule has 2 aromatic rings. The Balaban J connectivity index is 1.69. The molecule has 0 spiro atoms. The summed E-state index contributed by atoms with van der Waals surface area (Å²) in [6.45, 7) is 3.61. The molecule has 0 atom stereocenters. The molecule has 9 heteroatoms. The second-order valence-corrected chi connectivity index (χ2v) is 8.42. The van der Waals surface area contributed by atoms with Gasteiger partial charge in [-0.05, 0) is 35.9 Å². The van der Waals surface area contributed by atoms with Gasteiger partial charge in [-0.15, -0.1) is 0 Å². The number of imide groups is 1. The maximum Gasteiger partial charge on any atom is 0.258 e. The Kier molecular flexibility index (Phi) is 5.30. The molecule has 0 saturated carbocycles. The summed E-state index contributed by atoms with van der Waals surface area (Å²) in [6, 6.07) is 10.6. The topological polar surface area (TPSA) is 121 Å². The van der Waals surface area contributed by atoms with Crippen LogP contribution in [-0.2, 0) is 21.4 Å². The Bertz CT molecular complexity index is 1060. The van der Waals surface area contributed by atoms with Crippen molar-refractivity contribution in [1.82, 2.24) is 10.0 Å². The summed E-state index contributed by atoms with van der Waals surface area (Å²) in [7, 11) is -3.87. The van der Waals surface area contributed by atoms with Gasteiger partial charge >= 0.3 is 0 Å². The molecule has 0 saturated heterocycles. The van der Waals surface area contributed by atoms with Crippen LogP contribution in [0.3, 0.4) is 0 Å². The van der Waals surface area contributed by atoms with E-state index >= 15 is 0 Å². The molecule has 0 radical (unpaired) electrons. The van der Waals surface area contributed by atoms with Crippen molar-refractivity contribution in [2.24, 2.45) is 5.92 Å². The number of carbonyl (C=O) groups is 3. The molecule has 0 aromatic heterocycles. The first kappa shape index (κ1) is 19.7. The number of anilines is 1. The molecule has 0 bridgehead atoms. The molecule has 0 aliphatic carbocycles. The van der Waals surface area contributed by atoms with Crippen LogP contribution >= 0.6 is 0 Å². The van der Waals surface area contributed by atoms with Crippen LogP contribution < -0.4 is 15.4 Å². The van der Waals surface area contributed by atoms with Crippen LogP contribution in [0.5, 0.6) is 0 Å². The van der Waals surface area contributed by atoms with Gasteiger partial charge in [-0.2, -0.15) is 0 Å². The lowest BCUT2D eigenvalue weighted by Gasteiger charge is -2.10. The van der Waals surface area contributed by atoms with E-state index in [1.165, 1.54) is 18.2 Å². The molecule has 3 N–H and O–H groups in total. The van der Waals surface area contributed by atoms with Crippen LogP contribution in [-0.4, -0.2) is 26.1 Å². The van der Waals surface area contributed by atoms with Gasteiger partial charge in [0.05, 0.1) is 16.0 Å². The Morgan fingerprint density at radius 3 is 2.29 bits per heavy atom. The van der Waals surface area contributed by atoms with Crippen LogP contribution in [0.1, 0.15) is 40.1 Å². The molecular weight excluding hydrogens is 382 g/mol. The van der Waals surface area contributed by atoms with Gasteiger partial charge in [-0.3, -0.25) is 19.7 Å². The molecule has 3 amide bonds. The quantitative estimate of drug-likeness (QED) is 0.636. The van der Waals surface area contributed by atoms with E-state index in [9.17, 15) is 22.8 Å². The monoisotopic (exact) mass is 401 g/mol. The minimum absolute atomic E-state index is 0.0307. The van der Waals surface area contributed by atoms with Crippen molar-refractivity contribution in [3.05, 3.63) is 59.2 Å². The lowest BCUT2D eigenvalue weighted by atomic mass is 10.1. The van der Waals surface area contributed by atoms with E-state index in [0.717, 1.165) is 0 Å². The molecule has 1 aliphatic rings. The van der Waals surface area contributed by atoms with Gasteiger partial charge in [0.2, 0.25) is 15.9 Å². The number of fused-ring (bicyclic) bond motifs is 1. The second-order valence-electron chi connectivity index (χ2n) is 6.66. The number of hydrogen-bond donors (Lipinski definition) is 3. The van der Waals surface area contributed by atoms with Crippen molar-refractivity contribution >= 4 is 33.4 Å². The van der Waals surface area contributed by atoms with E-state index in [2.05, 4.69) is 15.4 Å². The third-order valence-corrected chi connectivity index (χ3v) is 5.63. The van der Waals surface area contributed by atoms with Crippen molar-refractivity contribution in [2.45, 2.75) is 25.3 Å². The van der Waals surface area contributed by atoms with Gasteiger partial charge in [0.25, 0.3) is 11.8 Å². The minimum Gasteiger partial charge on any atom is -0.326 e. The van der Waals surface area contributed by atoms with Crippen LogP contribution in [0.2, 0.25) is 0 Å². The molecular formula is C19H19N3O5S. The Labute approximate surface area is 162 Å². The number of benzene rings is 2. The van der Waals surface area contributed by atoms with Crippen LogP contribution in [0, 0.1) is 5.92 Å². The fourth-order valence-electron chi connectivity index (χ4n) is 2.57. The smallest absolute Gasteiger partial charge is 0.258 e. The zero-order chi connectivity index (χ0) is 20.5. The van der Waals surface area contributed by atoms with E-state index in [1.807, 2.05) is 0 Å². The second kappa shape index (κ2) is 7.53. The average Bonchev–Trinajstić information content (AvgIpc) is 2.94. The third kappa shape index (κ3) is 4.10. The first-order valence-corrected chi connectivity index (χ1v) is 10.0. The van der Waals surface area contributed by atoms with E-state index in [4.69, 9.17) is 0 Å². The first-order valence-electron chi connectivity index (χ1n) is 8.56. The van der Waals surface area contributed by atoms with Gasteiger partial charge in [0, 0.05) is 18.2 Å². The fraction of sp³-hybridized carbons (Fsp3) is 0.211. The average molecular weight is 401 g/mol. The number of rotatable bonds is 6. The molecule has 0 unspecified atom stereocenters. The van der Waals surface area contributed by atoms with Crippen molar-refractivity contribution in [2.75, 3.05) is 5.32 Å². The first-order chi connectivity index (χ1) is 13.2. The standard InChI is InChI=1S/C19H19N3O5S/c1-11(2)17(23)21-13-5-3-12(4-6-13)10-20-28(26,27)14-7-8-15-16(9-14)19(25)22-18(15)24/h3-9,11,20H,10H2,1-2H3,(H,21,23)(H,22,24,25). The summed E-state index contributed by atoms with van der Waals surface area (Å²) in [5.74, 6) is -1.40. The highest BCUT2D eigenvalue weighted by Gasteiger charge is 2.28. The van der Waals surface area contributed by atoms with Crippen LogP contribution in [0.4, 0.5) is 5.69 Å². The Morgan fingerprint density at radius 2 is 1.64 bits per heavy atom. The summed E-state index contributed by atoms with van der Waals surface area (Å²) >= 11 is 0. The van der Waals surface area contributed by atoms with Crippen LogP contribution in [0.15, 0.2) is 47.4 Å². The maximum absolute atomic E-state index is 12.5. The number of amides is 3. The van der Waals surface area contributed by atoms with Crippen molar-refractivity contribution in [3.63, 3.8) is 0 Å². The van der Waals surface area contributed by atoms with E-state index in [1.54, 1.807) is 38.1 Å². The summed E-state index contributed by atoms with van der Waals surface area (Å²) < 4.78 is 27.4. The van der Waals surface area contributed by atoms with Gasteiger partial charge in [0.1, 0.15) is 0 Å². The molecule has 8 nitrogen and oxygen atoms in total. The highest BCUT2D eigenvalue weighted by Crippen LogP contribution is 2.20. The van der Waals surface area contributed by atoms with Crippen LogP contribution in [0.25, 0.3) is 0 Å². The molecule has 146 valence electrons. The molecule has 28 heavy (non-hydrogen) atoms. The van der Waals surface area contributed by atoms with Gasteiger partial charge < -0.3 is 5.32 Å². The summed E-state index contributed by atoms with van der Waals surface area (Å²) in [4.78, 5) is 34.8. The predicted octanol–water partition coefficient (Wildman–Crippen LogP) is 1.64. The highest BCUT2D eigenvalue weighted by molar-refractivity contribution is 7.89. The molecule has 3 rings (SSSR count). The van der Waals surface area contributed by atoms with Crippen molar-refractivity contribution in [1.29, 1.82) is 0 Å². The van der Waals surface area contributed by atoms with Gasteiger partial charge in [0.15, 0.2) is 0 Å². The van der Waals surface area contributed by atoms with E-state index in [-0.39, 0.29) is 34.4 Å². The normalized spacial score (nSPS) is 13.4. The fourth-order valence-corrected chi connectivity index (χ4v) is 3.61. The largest absolute Gasteiger partial charge is 0.326 e. The Hall–Kier alpha value is -3.04. The summed E-state index contributed by atoms with van der Waals surface area (Å²) in [5.41, 5.74) is 1.51. The summed E-state index contributed by atoms with van der Waals surface area (Å²) in [5, 5.41) is 4.88. The van der Waals surface area contributed by atoms with E-state index in [0.29, 0.717) is 11.3 Å². The highest BCUT2D eigenvalue weighted by atomic mass is 32.2. The van der Waals surface area contributed by atoms with E-state index < -0.39 is 21.8 Å². The lowest BCUT2D eigenvalue weighted by molar-refractivity contribution is -0.118. The predicted molar refractivity (Wildman–Crippen MR) is 102 cm³/mol. The molecule has 2 aromatic carbocycles. The molecule has 1 aliphatic heterocycles. The Morgan fingerprint density at radius 1 is 1.00 bits per heavy atom. The number of nitrogens with one attached hydrogen (secondary N) is 3. The van der Waals surface area contributed by atoms with Gasteiger partial charge in [-0.1, -0.05) is 26.0 Å². The summed E-state index contributed by atoms with van der Waals surface area (Å²) in [6.07, 6.45) is 0. The molecule has 0 fully saturated rings. The van der Waals surface area contributed by atoms with Gasteiger partial charge in [-0.25, -0.2) is 13.1 Å². The number of sulfonamides is 1.